The fourth-order valence-corrected chi connectivity index (χ4v) is 3.45. The number of halogens is 1. The van der Waals surface area contributed by atoms with Gasteiger partial charge >= 0.3 is 5.69 Å². The van der Waals surface area contributed by atoms with Crippen molar-refractivity contribution in [3.8, 4) is 5.75 Å². The van der Waals surface area contributed by atoms with Crippen LogP contribution in [-0.2, 0) is 13.6 Å². The quantitative estimate of drug-likeness (QED) is 0.245. The first-order valence-corrected chi connectivity index (χ1v) is 10.8. The maximum atomic E-state index is 12.6. The molecule has 4 rings (SSSR count). The lowest BCUT2D eigenvalue weighted by Gasteiger charge is -2.15. The van der Waals surface area contributed by atoms with Crippen molar-refractivity contribution >= 4 is 39.3 Å². The summed E-state index contributed by atoms with van der Waals surface area (Å²) >= 11 is 3.38. The maximum absolute atomic E-state index is 12.6. The molecule has 33 heavy (non-hydrogen) atoms. The summed E-state index contributed by atoms with van der Waals surface area (Å²) in [4.78, 5) is 31.2. The molecule has 0 bridgehead atoms. The van der Waals surface area contributed by atoms with Crippen LogP contribution < -0.4 is 21.4 Å². The second-order valence-corrected chi connectivity index (χ2v) is 8.15. The lowest BCUT2D eigenvalue weighted by atomic mass is 10.2. The third kappa shape index (κ3) is 5.21. The van der Waals surface area contributed by atoms with Crippen LogP contribution in [0.5, 0.6) is 5.75 Å². The lowest BCUT2D eigenvalue weighted by Crippen LogP contribution is -2.30. The lowest BCUT2D eigenvalue weighted by molar-refractivity contribution is 0.0938. The number of aryl methyl sites for hydroxylation is 1. The monoisotopic (exact) mass is 512 g/mol. The molecule has 10 nitrogen and oxygen atoms in total. The molecule has 3 N–H and O–H groups in total. The topological polar surface area (TPSA) is 127 Å². The van der Waals surface area contributed by atoms with E-state index in [1.165, 1.54) is 16.2 Å². The van der Waals surface area contributed by atoms with Gasteiger partial charge in [-0.1, -0.05) is 46.3 Å². The molecule has 4 aromatic rings. The number of hydrazone groups is 1. The molecule has 0 aliphatic carbocycles. The first-order valence-electron chi connectivity index (χ1n) is 10.0. The fourth-order valence-electron chi connectivity index (χ4n) is 3.18. The molecule has 0 spiro atoms. The van der Waals surface area contributed by atoms with E-state index < -0.39 is 17.4 Å². The Morgan fingerprint density at radius 3 is 2.67 bits per heavy atom. The predicted molar refractivity (Wildman–Crippen MR) is 129 cm³/mol. The number of H-pyrrole nitrogens is 1. The highest BCUT2D eigenvalue weighted by Gasteiger charge is 2.19. The van der Waals surface area contributed by atoms with E-state index in [1.807, 2.05) is 42.5 Å². The van der Waals surface area contributed by atoms with Crippen molar-refractivity contribution < 1.29 is 9.84 Å². The van der Waals surface area contributed by atoms with Crippen LogP contribution in [0.4, 0.5) is 5.95 Å². The number of aliphatic hydroxyl groups excluding tert-OH is 1. The number of rotatable bonds is 8. The minimum atomic E-state index is -0.963. The minimum Gasteiger partial charge on any atom is -0.491 e. The van der Waals surface area contributed by atoms with Gasteiger partial charge in [-0.3, -0.25) is 14.3 Å². The summed E-state index contributed by atoms with van der Waals surface area (Å²) in [5.74, 6) is 0.813. The fraction of sp³-hybridized carbons (Fsp3) is 0.182. The molecule has 170 valence electrons. The number of aromatic nitrogens is 4. The number of aliphatic hydroxyl groups is 1. The number of fused-ring (bicyclic) bond motifs is 1. The molecule has 0 aliphatic rings. The summed E-state index contributed by atoms with van der Waals surface area (Å²) in [6, 6.07) is 16.6. The van der Waals surface area contributed by atoms with Crippen LogP contribution >= 0.6 is 15.9 Å². The van der Waals surface area contributed by atoms with E-state index >= 15 is 0 Å². The Morgan fingerprint density at radius 2 is 1.94 bits per heavy atom. The highest BCUT2D eigenvalue weighted by atomic mass is 79.9. The zero-order chi connectivity index (χ0) is 23.4. The van der Waals surface area contributed by atoms with Crippen LogP contribution in [0.25, 0.3) is 11.2 Å². The second-order valence-electron chi connectivity index (χ2n) is 7.24. The van der Waals surface area contributed by atoms with Crippen LogP contribution in [0, 0.1) is 0 Å². The molecule has 11 heteroatoms. The molecule has 2 aromatic heterocycles. The standard InChI is InChI=1S/C22H21BrN6O4/c1-28-19-18(20(31)26-22(28)32)29(12-16(30)13-33-17-5-3-2-4-6-17)21(25-19)27-24-11-14-7-9-15(23)10-8-14/h2-11,16,30H,12-13H2,1H3,(H,25,27)(H,26,31,32)/b24-11-/t16-/m0/s1. The normalized spacial score (nSPS) is 12.3. The number of para-hydroxylation sites is 1. The van der Waals surface area contributed by atoms with E-state index in [1.54, 1.807) is 18.3 Å². The van der Waals surface area contributed by atoms with Gasteiger partial charge in [0.25, 0.3) is 5.56 Å². The van der Waals surface area contributed by atoms with Crippen LogP contribution in [0.3, 0.4) is 0 Å². The smallest absolute Gasteiger partial charge is 0.329 e. The summed E-state index contributed by atoms with van der Waals surface area (Å²) in [6.07, 6.45) is 0.629. The van der Waals surface area contributed by atoms with Gasteiger partial charge in [0.2, 0.25) is 5.95 Å². The number of hydrogen-bond acceptors (Lipinski definition) is 7. The molecule has 0 fully saturated rings. The molecule has 0 amide bonds. The van der Waals surface area contributed by atoms with Gasteiger partial charge in [-0.15, -0.1) is 0 Å². The number of imidazole rings is 1. The highest BCUT2D eigenvalue weighted by Crippen LogP contribution is 2.17. The number of anilines is 1. The van der Waals surface area contributed by atoms with Crippen molar-refractivity contribution in [1.29, 1.82) is 0 Å². The Hall–Kier alpha value is -3.70. The largest absolute Gasteiger partial charge is 0.491 e. The molecule has 0 saturated carbocycles. The average molecular weight is 513 g/mol. The minimum absolute atomic E-state index is 0.00500. The zero-order valence-corrected chi connectivity index (χ0v) is 19.2. The average Bonchev–Trinajstić information content (AvgIpc) is 3.17. The number of nitrogens with zero attached hydrogens (tertiary/aromatic N) is 4. The summed E-state index contributed by atoms with van der Waals surface area (Å²) in [5.41, 5.74) is 2.76. The van der Waals surface area contributed by atoms with Gasteiger partial charge in [-0.25, -0.2) is 10.2 Å². The van der Waals surface area contributed by atoms with Crippen molar-refractivity contribution in [3.05, 3.63) is 85.5 Å². The Kier molecular flexibility index (Phi) is 6.71. The molecule has 1 atom stereocenters. The van der Waals surface area contributed by atoms with E-state index in [4.69, 9.17) is 4.74 Å². The Balaban J connectivity index is 1.62. The summed E-state index contributed by atoms with van der Waals surface area (Å²) in [6.45, 7) is -0.0181. The van der Waals surface area contributed by atoms with Crippen molar-refractivity contribution in [2.45, 2.75) is 12.6 Å². The number of hydrogen-bond donors (Lipinski definition) is 3. The van der Waals surface area contributed by atoms with E-state index in [0.717, 1.165) is 10.0 Å². The number of benzene rings is 2. The molecule has 2 heterocycles. The van der Waals surface area contributed by atoms with Crippen molar-refractivity contribution in [2.24, 2.45) is 12.1 Å². The third-order valence-electron chi connectivity index (χ3n) is 4.83. The Morgan fingerprint density at radius 1 is 1.21 bits per heavy atom. The number of aromatic amines is 1. The first kappa shape index (κ1) is 22.5. The first-order chi connectivity index (χ1) is 15.9. The second kappa shape index (κ2) is 9.84. The Labute approximate surface area is 196 Å². The van der Waals surface area contributed by atoms with Gasteiger partial charge in [-0.2, -0.15) is 10.1 Å². The summed E-state index contributed by atoms with van der Waals surface area (Å²) in [7, 11) is 1.50. The molecule has 0 radical (unpaired) electrons. The predicted octanol–water partition coefficient (Wildman–Crippen LogP) is 2.07. The number of nitrogens with one attached hydrogen (secondary N) is 2. The third-order valence-corrected chi connectivity index (χ3v) is 5.36. The SMILES string of the molecule is Cn1c(=O)[nH]c(=O)c2c1nc(N/N=C\c1ccc(Br)cc1)n2C[C@H](O)COc1ccccc1. The molecule has 0 aliphatic heterocycles. The molecular weight excluding hydrogens is 492 g/mol. The summed E-state index contributed by atoms with van der Waals surface area (Å²) < 4.78 is 9.26. The Bertz CT molecular complexity index is 1390. The van der Waals surface area contributed by atoms with Gasteiger partial charge in [0, 0.05) is 11.5 Å². The zero-order valence-electron chi connectivity index (χ0n) is 17.6. The molecular formula is C22H21BrN6O4. The van der Waals surface area contributed by atoms with E-state index in [-0.39, 0.29) is 30.3 Å². The van der Waals surface area contributed by atoms with E-state index in [0.29, 0.717) is 5.75 Å². The highest BCUT2D eigenvalue weighted by molar-refractivity contribution is 9.10. The van der Waals surface area contributed by atoms with Gasteiger partial charge in [0.05, 0.1) is 12.8 Å². The van der Waals surface area contributed by atoms with Crippen LogP contribution in [-0.4, -0.2) is 43.1 Å². The molecule has 0 unspecified atom stereocenters. The maximum Gasteiger partial charge on any atom is 0.329 e. The van der Waals surface area contributed by atoms with E-state index in [2.05, 4.69) is 36.4 Å². The van der Waals surface area contributed by atoms with Crippen molar-refractivity contribution in [3.63, 3.8) is 0 Å². The van der Waals surface area contributed by atoms with Gasteiger partial charge in [0.15, 0.2) is 11.2 Å². The molecule has 2 aromatic carbocycles. The van der Waals surface area contributed by atoms with Crippen molar-refractivity contribution in [2.75, 3.05) is 12.0 Å². The van der Waals surface area contributed by atoms with E-state index in [9.17, 15) is 14.7 Å². The van der Waals surface area contributed by atoms with Crippen LogP contribution in [0.2, 0.25) is 0 Å². The van der Waals surface area contributed by atoms with Gasteiger partial charge < -0.3 is 14.4 Å². The van der Waals surface area contributed by atoms with Gasteiger partial charge in [0.1, 0.15) is 18.5 Å². The summed E-state index contributed by atoms with van der Waals surface area (Å²) in [5, 5.41) is 14.8. The molecule has 0 saturated heterocycles. The van der Waals surface area contributed by atoms with Crippen LogP contribution in [0.1, 0.15) is 5.56 Å². The van der Waals surface area contributed by atoms with Crippen molar-refractivity contribution in [1.82, 2.24) is 19.1 Å². The number of ether oxygens (including phenoxy) is 1. The van der Waals surface area contributed by atoms with Crippen LogP contribution in [0.15, 0.2) is 73.8 Å². The van der Waals surface area contributed by atoms with Gasteiger partial charge in [-0.05, 0) is 29.8 Å².